The zero-order valence-corrected chi connectivity index (χ0v) is 12.6. The molecule has 0 saturated carbocycles. The summed E-state index contributed by atoms with van der Waals surface area (Å²) in [6, 6.07) is 10.4. The molecule has 1 heterocycles. The van der Waals surface area contributed by atoms with Crippen LogP contribution in [0.5, 0.6) is 0 Å². The van der Waals surface area contributed by atoms with Gasteiger partial charge in [-0.25, -0.2) is 18.4 Å². The largest absolute Gasteiger partial charge is 0.453 e. The Kier molecular flexibility index (Phi) is 4.38. The Labute approximate surface area is 139 Å². The van der Waals surface area contributed by atoms with Crippen molar-refractivity contribution in [1.29, 1.82) is 0 Å². The van der Waals surface area contributed by atoms with Crippen LogP contribution in [0.1, 0.15) is 20.7 Å². The summed E-state index contributed by atoms with van der Waals surface area (Å²) in [4.78, 5) is 35.7. The molecule has 2 aromatic carbocycles. The van der Waals surface area contributed by atoms with Crippen LogP contribution in [0.2, 0.25) is 0 Å². The van der Waals surface area contributed by atoms with Crippen molar-refractivity contribution in [2.45, 2.75) is 0 Å². The summed E-state index contributed by atoms with van der Waals surface area (Å²) in [6.45, 7) is -0.726. The van der Waals surface area contributed by atoms with Gasteiger partial charge < -0.3 is 9.15 Å². The smallest absolute Gasteiger partial charge is 0.351 e. The summed E-state index contributed by atoms with van der Waals surface area (Å²) in [5.41, 5.74) is -1.11. The molecule has 0 amide bonds. The number of carbonyl (C=O) groups excluding carboxylic acids is 2. The van der Waals surface area contributed by atoms with Crippen molar-refractivity contribution in [1.82, 2.24) is 0 Å². The number of rotatable bonds is 4. The summed E-state index contributed by atoms with van der Waals surface area (Å²) >= 11 is 0. The number of Topliss-reactive ketones (excluding diaryl/α,β-unsaturated/α-hetero) is 1. The van der Waals surface area contributed by atoms with E-state index in [0.29, 0.717) is 17.0 Å². The van der Waals surface area contributed by atoms with Crippen LogP contribution in [0.3, 0.4) is 0 Å². The number of ketones is 1. The highest BCUT2D eigenvalue weighted by Crippen LogP contribution is 2.14. The van der Waals surface area contributed by atoms with Gasteiger partial charge in [-0.15, -0.1) is 0 Å². The lowest BCUT2D eigenvalue weighted by Gasteiger charge is -2.05. The molecular formula is C18H10F2O5. The molecule has 0 radical (unpaired) electrons. The summed E-state index contributed by atoms with van der Waals surface area (Å²) in [5, 5.41) is 0.515. The van der Waals surface area contributed by atoms with E-state index in [-0.39, 0.29) is 11.1 Å². The van der Waals surface area contributed by atoms with Crippen molar-refractivity contribution in [3.8, 4) is 0 Å². The average Bonchev–Trinajstić information content (AvgIpc) is 2.61. The number of halogens is 2. The van der Waals surface area contributed by atoms with E-state index in [0.717, 1.165) is 12.1 Å². The van der Waals surface area contributed by atoms with Gasteiger partial charge in [0, 0.05) is 10.9 Å². The molecule has 0 aliphatic carbocycles. The van der Waals surface area contributed by atoms with E-state index in [9.17, 15) is 23.2 Å². The fourth-order valence-corrected chi connectivity index (χ4v) is 2.17. The second-order valence-corrected chi connectivity index (χ2v) is 5.11. The van der Waals surface area contributed by atoms with Crippen molar-refractivity contribution >= 4 is 22.7 Å². The van der Waals surface area contributed by atoms with Crippen molar-refractivity contribution < 1.29 is 27.5 Å². The Bertz CT molecular complexity index is 1040. The van der Waals surface area contributed by atoms with Crippen LogP contribution < -0.4 is 5.63 Å². The molecule has 0 bridgehead atoms. The third-order valence-corrected chi connectivity index (χ3v) is 3.44. The molecule has 0 fully saturated rings. The SMILES string of the molecule is O=C(COC(=O)c1cc2ccccc2oc1=O)c1ccc(F)c(F)c1. The topological polar surface area (TPSA) is 73.6 Å². The Morgan fingerprint density at radius 2 is 1.76 bits per heavy atom. The van der Waals surface area contributed by atoms with E-state index in [1.807, 2.05) is 0 Å². The standard InChI is InChI=1S/C18H10F2O5/c19-13-6-5-10(8-14(13)20)15(21)9-24-17(22)12-7-11-3-1-2-4-16(11)25-18(12)23/h1-8H,9H2. The van der Waals surface area contributed by atoms with Crippen LogP contribution in [-0.4, -0.2) is 18.4 Å². The summed E-state index contributed by atoms with van der Waals surface area (Å²) in [5.74, 6) is -4.07. The fourth-order valence-electron chi connectivity index (χ4n) is 2.17. The van der Waals surface area contributed by atoms with E-state index in [1.165, 1.54) is 6.07 Å². The highest BCUT2D eigenvalue weighted by Gasteiger charge is 2.18. The number of benzene rings is 2. The molecule has 0 N–H and O–H groups in total. The van der Waals surface area contributed by atoms with Crippen LogP contribution in [0.15, 0.2) is 57.7 Å². The van der Waals surface area contributed by atoms with Gasteiger partial charge in [-0.3, -0.25) is 4.79 Å². The van der Waals surface area contributed by atoms with Gasteiger partial charge in [-0.05, 0) is 30.3 Å². The minimum atomic E-state index is -1.19. The van der Waals surface area contributed by atoms with E-state index in [4.69, 9.17) is 9.15 Å². The first-order chi connectivity index (χ1) is 12.0. The van der Waals surface area contributed by atoms with Crippen LogP contribution in [0.25, 0.3) is 11.0 Å². The van der Waals surface area contributed by atoms with Crippen LogP contribution >= 0.6 is 0 Å². The van der Waals surface area contributed by atoms with E-state index in [1.54, 1.807) is 24.3 Å². The number of esters is 1. The number of ether oxygens (including phenoxy) is 1. The van der Waals surface area contributed by atoms with Gasteiger partial charge in [-0.1, -0.05) is 18.2 Å². The van der Waals surface area contributed by atoms with Crippen molar-refractivity contribution in [3.05, 3.63) is 81.7 Å². The zero-order valence-electron chi connectivity index (χ0n) is 12.6. The highest BCUT2D eigenvalue weighted by molar-refractivity contribution is 5.99. The average molecular weight is 344 g/mol. The Hall–Kier alpha value is -3.35. The molecule has 0 unspecified atom stereocenters. The second-order valence-electron chi connectivity index (χ2n) is 5.11. The Morgan fingerprint density at radius 1 is 1.00 bits per heavy atom. The fraction of sp³-hybridized carbons (Fsp3) is 0.0556. The Balaban J connectivity index is 1.76. The van der Waals surface area contributed by atoms with Gasteiger partial charge in [0.2, 0.25) is 0 Å². The van der Waals surface area contributed by atoms with Gasteiger partial charge in [0.25, 0.3) is 0 Å². The first-order valence-electron chi connectivity index (χ1n) is 7.14. The number of hydrogen-bond acceptors (Lipinski definition) is 5. The molecule has 7 heteroatoms. The molecule has 5 nitrogen and oxygen atoms in total. The normalized spacial score (nSPS) is 10.6. The molecule has 3 aromatic rings. The molecule has 0 saturated heterocycles. The maximum absolute atomic E-state index is 13.1. The number of fused-ring (bicyclic) bond motifs is 1. The quantitative estimate of drug-likeness (QED) is 0.413. The summed E-state index contributed by atoms with van der Waals surface area (Å²) in [7, 11) is 0. The molecule has 0 atom stereocenters. The molecule has 3 rings (SSSR count). The zero-order chi connectivity index (χ0) is 18.0. The molecule has 126 valence electrons. The third-order valence-electron chi connectivity index (χ3n) is 3.44. The van der Waals surface area contributed by atoms with Gasteiger partial charge >= 0.3 is 11.6 Å². The van der Waals surface area contributed by atoms with Crippen LogP contribution in [-0.2, 0) is 4.74 Å². The van der Waals surface area contributed by atoms with E-state index >= 15 is 0 Å². The molecular weight excluding hydrogens is 334 g/mol. The predicted octanol–water partition coefficient (Wildman–Crippen LogP) is 3.11. The lowest BCUT2D eigenvalue weighted by atomic mass is 10.1. The minimum Gasteiger partial charge on any atom is -0.453 e. The van der Waals surface area contributed by atoms with Crippen LogP contribution in [0, 0.1) is 11.6 Å². The molecule has 1 aromatic heterocycles. The van der Waals surface area contributed by atoms with Gasteiger partial charge in [0.05, 0.1) is 0 Å². The maximum atomic E-state index is 13.1. The monoisotopic (exact) mass is 344 g/mol. The Morgan fingerprint density at radius 3 is 2.52 bits per heavy atom. The maximum Gasteiger partial charge on any atom is 0.351 e. The number of hydrogen-bond donors (Lipinski definition) is 0. The van der Waals surface area contributed by atoms with E-state index < -0.39 is 35.6 Å². The van der Waals surface area contributed by atoms with Crippen molar-refractivity contribution in [2.75, 3.05) is 6.61 Å². The van der Waals surface area contributed by atoms with Gasteiger partial charge in [-0.2, -0.15) is 0 Å². The highest BCUT2D eigenvalue weighted by atomic mass is 19.2. The molecule has 0 spiro atoms. The molecule has 0 aliphatic rings. The minimum absolute atomic E-state index is 0.155. The molecule has 0 aliphatic heterocycles. The van der Waals surface area contributed by atoms with Crippen molar-refractivity contribution in [2.24, 2.45) is 0 Å². The number of para-hydroxylation sites is 1. The van der Waals surface area contributed by atoms with Gasteiger partial charge in [0.15, 0.2) is 24.0 Å². The van der Waals surface area contributed by atoms with E-state index in [2.05, 4.69) is 0 Å². The first kappa shape index (κ1) is 16.5. The first-order valence-corrected chi connectivity index (χ1v) is 7.14. The summed E-state index contributed by atoms with van der Waals surface area (Å²) < 4.78 is 35.7. The summed E-state index contributed by atoms with van der Waals surface area (Å²) in [6.07, 6.45) is 0. The molecule has 25 heavy (non-hydrogen) atoms. The van der Waals surface area contributed by atoms with Gasteiger partial charge in [0.1, 0.15) is 11.1 Å². The number of carbonyl (C=O) groups is 2. The van der Waals surface area contributed by atoms with Crippen LogP contribution in [0.4, 0.5) is 8.78 Å². The van der Waals surface area contributed by atoms with Crippen molar-refractivity contribution in [3.63, 3.8) is 0 Å². The predicted molar refractivity (Wildman–Crippen MR) is 83.5 cm³/mol. The lowest BCUT2D eigenvalue weighted by molar-refractivity contribution is 0.0470. The second kappa shape index (κ2) is 6.64. The third kappa shape index (κ3) is 3.45. The lowest BCUT2D eigenvalue weighted by Crippen LogP contribution is -2.20.